The summed E-state index contributed by atoms with van der Waals surface area (Å²) in [5.74, 6) is 0. The number of benzene rings is 1. The fourth-order valence-corrected chi connectivity index (χ4v) is 3.08. The lowest BCUT2D eigenvalue weighted by Crippen LogP contribution is -2.31. The van der Waals surface area contributed by atoms with E-state index in [-0.39, 0.29) is 11.0 Å². The van der Waals surface area contributed by atoms with Crippen LogP contribution in [0, 0.1) is 0 Å². The van der Waals surface area contributed by atoms with Gasteiger partial charge in [0.05, 0.1) is 17.1 Å². The summed E-state index contributed by atoms with van der Waals surface area (Å²) in [6.45, 7) is 2.65. The Bertz CT molecular complexity index is 504. The standard InChI is InChI=1S/C13H19NO4S/c1-10(15)11-4-6-13(7-5-11)19(16,17)14-9-12-3-2-8-18-12/h4-7,10,12,14-15H,2-3,8-9H2,1H3. The molecule has 1 heterocycles. The summed E-state index contributed by atoms with van der Waals surface area (Å²) in [6, 6.07) is 6.23. The van der Waals surface area contributed by atoms with Gasteiger partial charge in [0.2, 0.25) is 10.0 Å². The van der Waals surface area contributed by atoms with Crippen molar-refractivity contribution in [3.05, 3.63) is 29.8 Å². The fourth-order valence-electron chi connectivity index (χ4n) is 2.02. The molecule has 2 unspecified atom stereocenters. The van der Waals surface area contributed by atoms with Crippen molar-refractivity contribution < 1.29 is 18.3 Å². The molecule has 1 fully saturated rings. The van der Waals surface area contributed by atoms with E-state index < -0.39 is 16.1 Å². The van der Waals surface area contributed by atoms with E-state index >= 15 is 0 Å². The summed E-state index contributed by atoms with van der Waals surface area (Å²) in [5, 5.41) is 9.38. The normalized spacial score (nSPS) is 21.5. The molecule has 19 heavy (non-hydrogen) atoms. The van der Waals surface area contributed by atoms with Crippen LogP contribution in [0.15, 0.2) is 29.2 Å². The van der Waals surface area contributed by atoms with E-state index in [4.69, 9.17) is 4.74 Å². The maximum Gasteiger partial charge on any atom is 0.240 e. The summed E-state index contributed by atoms with van der Waals surface area (Å²) < 4.78 is 32.0. The van der Waals surface area contributed by atoms with Crippen LogP contribution in [-0.2, 0) is 14.8 Å². The first kappa shape index (κ1) is 14.5. The Morgan fingerprint density at radius 1 is 1.42 bits per heavy atom. The molecular weight excluding hydrogens is 266 g/mol. The molecule has 6 heteroatoms. The number of hydrogen-bond acceptors (Lipinski definition) is 4. The minimum atomic E-state index is -3.50. The zero-order chi connectivity index (χ0) is 13.9. The molecular formula is C13H19NO4S. The third-order valence-corrected chi connectivity index (χ3v) is 4.64. The Kier molecular flexibility index (Phi) is 4.57. The maximum absolute atomic E-state index is 12.0. The van der Waals surface area contributed by atoms with Gasteiger partial charge < -0.3 is 9.84 Å². The van der Waals surface area contributed by atoms with Crippen LogP contribution in [0.3, 0.4) is 0 Å². The number of nitrogens with one attached hydrogen (secondary N) is 1. The number of ether oxygens (including phenoxy) is 1. The smallest absolute Gasteiger partial charge is 0.240 e. The van der Waals surface area contributed by atoms with Crippen molar-refractivity contribution in [3.8, 4) is 0 Å². The zero-order valence-corrected chi connectivity index (χ0v) is 11.7. The van der Waals surface area contributed by atoms with E-state index in [1.165, 1.54) is 12.1 Å². The van der Waals surface area contributed by atoms with Crippen molar-refractivity contribution in [2.45, 2.75) is 36.9 Å². The highest BCUT2D eigenvalue weighted by atomic mass is 32.2. The molecule has 0 amide bonds. The average molecular weight is 285 g/mol. The predicted molar refractivity (Wildman–Crippen MR) is 71.2 cm³/mol. The van der Waals surface area contributed by atoms with Gasteiger partial charge in [0, 0.05) is 13.2 Å². The van der Waals surface area contributed by atoms with Crippen molar-refractivity contribution in [1.29, 1.82) is 0 Å². The van der Waals surface area contributed by atoms with Crippen LogP contribution >= 0.6 is 0 Å². The first-order valence-corrected chi connectivity index (χ1v) is 7.86. The molecule has 0 aromatic heterocycles. The van der Waals surface area contributed by atoms with Crippen molar-refractivity contribution in [2.24, 2.45) is 0 Å². The van der Waals surface area contributed by atoms with Crippen LogP contribution in [0.5, 0.6) is 0 Å². The fraction of sp³-hybridized carbons (Fsp3) is 0.538. The minimum Gasteiger partial charge on any atom is -0.389 e. The van der Waals surface area contributed by atoms with Crippen molar-refractivity contribution >= 4 is 10.0 Å². The van der Waals surface area contributed by atoms with E-state index in [1.807, 2.05) is 0 Å². The molecule has 2 atom stereocenters. The number of hydrogen-bond donors (Lipinski definition) is 2. The highest BCUT2D eigenvalue weighted by Crippen LogP contribution is 2.16. The molecule has 2 rings (SSSR count). The van der Waals surface area contributed by atoms with Crippen LogP contribution < -0.4 is 4.72 Å². The van der Waals surface area contributed by atoms with Gasteiger partial charge in [-0.3, -0.25) is 0 Å². The van der Waals surface area contributed by atoms with Gasteiger partial charge in [-0.15, -0.1) is 0 Å². The SMILES string of the molecule is CC(O)c1ccc(S(=O)(=O)NCC2CCCO2)cc1. The van der Waals surface area contributed by atoms with Gasteiger partial charge in [0.15, 0.2) is 0 Å². The van der Waals surface area contributed by atoms with Crippen LogP contribution in [0.25, 0.3) is 0 Å². The topological polar surface area (TPSA) is 75.6 Å². The van der Waals surface area contributed by atoms with Gasteiger partial charge in [0.25, 0.3) is 0 Å². The molecule has 0 saturated carbocycles. The van der Waals surface area contributed by atoms with Crippen LogP contribution in [0.4, 0.5) is 0 Å². The van der Waals surface area contributed by atoms with Gasteiger partial charge in [-0.25, -0.2) is 13.1 Å². The van der Waals surface area contributed by atoms with Crippen molar-refractivity contribution in [2.75, 3.05) is 13.2 Å². The van der Waals surface area contributed by atoms with Crippen molar-refractivity contribution in [1.82, 2.24) is 4.72 Å². The van der Waals surface area contributed by atoms with E-state index in [1.54, 1.807) is 19.1 Å². The highest BCUT2D eigenvalue weighted by Gasteiger charge is 2.20. The molecule has 0 aliphatic carbocycles. The number of rotatable bonds is 5. The average Bonchev–Trinajstić information content (AvgIpc) is 2.90. The Morgan fingerprint density at radius 2 is 2.11 bits per heavy atom. The Morgan fingerprint density at radius 3 is 2.63 bits per heavy atom. The summed E-state index contributed by atoms with van der Waals surface area (Å²) in [7, 11) is -3.50. The lowest BCUT2D eigenvalue weighted by atomic mass is 10.1. The lowest BCUT2D eigenvalue weighted by molar-refractivity contribution is 0.114. The van der Waals surface area contributed by atoms with Gasteiger partial charge >= 0.3 is 0 Å². The summed E-state index contributed by atoms with van der Waals surface area (Å²) in [5.41, 5.74) is 0.693. The maximum atomic E-state index is 12.0. The second kappa shape index (κ2) is 6.00. The van der Waals surface area contributed by atoms with E-state index in [0.717, 1.165) is 12.8 Å². The Labute approximate surface area is 113 Å². The summed E-state index contributed by atoms with van der Waals surface area (Å²) >= 11 is 0. The van der Waals surface area contributed by atoms with Crippen molar-refractivity contribution in [3.63, 3.8) is 0 Å². The second-order valence-corrected chi connectivity index (χ2v) is 6.50. The number of aliphatic hydroxyl groups excluding tert-OH is 1. The monoisotopic (exact) mass is 285 g/mol. The quantitative estimate of drug-likeness (QED) is 0.852. The van der Waals surface area contributed by atoms with Crippen LogP contribution in [0.1, 0.15) is 31.4 Å². The molecule has 0 radical (unpaired) electrons. The first-order chi connectivity index (χ1) is 8.99. The first-order valence-electron chi connectivity index (χ1n) is 6.38. The van der Waals surface area contributed by atoms with Gasteiger partial charge in [-0.2, -0.15) is 0 Å². The van der Waals surface area contributed by atoms with Gasteiger partial charge in [-0.1, -0.05) is 12.1 Å². The highest BCUT2D eigenvalue weighted by molar-refractivity contribution is 7.89. The Hall–Kier alpha value is -0.950. The predicted octanol–water partition coefficient (Wildman–Crippen LogP) is 1.20. The molecule has 5 nitrogen and oxygen atoms in total. The molecule has 0 spiro atoms. The lowest BCUT2D eigenvalue weighted by Gasteiger charge is -2.12. The van der Waals surface area contributed by atoms with E-state index in [0.29, 0.717) is 18.7 Å². The summed E-state index contributed by atoms with van der Waals surface area (Å²) in [4.78, 5) is 0.204. The molecule has 0 bridgehead atoms. The van der Waals surface area contributed by atoms with E-state index in [2.05, 4.69) is 4.72 Å². The third kappa shape index (κ3) is 3.76. The third-order valence-electron chi connectivity index (χ3n) is 3.20. The second-order valence-electron chi connectivity index (χ2n) is 4.73. The Balaban J connectivity index is 2.01. The van der Waals surface area contributed by atoms with Gasteiger partial charge in [0.1, 0.15) is 0 Å². The summed E-state index contributed by atoms with van der Waals surface area (Å²) in [6.07, 6.45) is 1.25. The molecule has 1 aliphatic heterocycles. The minimum absolute atomic E-state index is 0.0217. The number of aliphatic hydroxyl groups is 1. The molecule has 106 valence electrons. The van der Waals surface area contributed by atoms with E-state index in [9.17, 15) is 13.5 Å². The van der Waals surface area contributed by atoms with Gasteiger partial charge in [-0.05, 0) is 37.5 Å². The number of sulfonamides is 1. The largest absolute Gasteiger partial charge is 0.389 e. The molecule has 2 N–H and O–H groups in total. The van der Waals surface area contributed by atoms with Crippen LogP contribution in [-0.4, -0.2) is 32.8 Å². The molecule has 1 aromatic rings. The molecule has 1 saturated heterocycles. The molecule has 1 aliphatic rings. The van der Waals surface area contributed by atoms with Crippen LogP contribution in [0.2, 0.25) is 0 Å². The zero-order valence-electron chi connectivity index (χ0n) is 10.9. The molecule has 1 aromatic carbocycles.